The predicted octanol–water partition coefficient (Wildman–Crippen LogP) is 3.73. The van der Waals surface area contributed by atoms with E-state index in [1.165, 1.54) is 12.1 Å². The summed E-state index contributed by atoms with van der Waals surface area (Å²) >= 11 is 0. The van der Waals surface area contributed by atoms with Gasteiger partial charge in [0.15, 0.2) is 0 Å². The molecule has 0 aliphatic carbocycles. The number of amides is 1. The molecule has 2 aromatic rings. The average molecular weight is 394 g/mol. The number of benzene rings is 1. The number of rotatable bonds is 6. The van der Waals surface area contributed by atoms with E-state index in [4.69, 9.17) is 10.5 Å². The zero-order valence-electron chi connectivity index (χ0n) is 15.5. The van der Waals surface area contributed by atoms with E-state index in [1.807, 2.05) is 19.9 Å². The van der Waals surface area contributed by atoms with Crippen molar-refractivity contribution in [3.8, 4) is 17.0 Å². The van der Waals surface area contributed by atoms with Gasteiger partial charge in [-0.3, -0.25) is 4.79 Å². The van der Waals surface area contributed by atoms with Crippen LogP contribution < -0.4 is 10.5 Å². The number of hydrogen-bond donors (Lipinski definition) is 1. The van der Waals surface area contributed by atoms with Crippen LogP contribution in [0, 0.1) is 11.7 Å². The van der Waals surface area contributed by atoms with Gasteiger partial charge < -0.3 is 15.2 Å². The van der Waals surface area contributed by atoms with Gasteiger partial charge in [0.25, 0.3) is 5.91 Å². The lowest BCUT2D eigenvalue weighted by atomic mass is 9.88. The Labute approximate surface area is 160 Å². The van der Waals surface area contributed by atoms with E-state index in [1.54, 1.807) is 6.07 Å². The summed E-state index contributed by atoms with van der Waals surface area (Å²) in [6, 6.07) is 6.34. The van der Waals surface area contributed by atoms with Crippen molar-refractivity contribution in [3.63, 3.8) is 0 Å². The fourth-order valence-corrected chi connectivity index (χ4v) is 3.29. The average Bonchev–Trinajstić information content (AvgIpc) is 2.65. The topological polar surface area (TPSA) is 74.4 Å². The third kappa shape index (κ3) is 4.11. The van der Waals surface area contributed by atoms with E-state index in [2.05, 4.69) is 9.72 Å². The first-order chi connectivity index (χ1) is 13.3. The number of aromatic nitrogens is 1. The van der Waals surface area contributed by atoms with Crippen LogP contribution in [-0.4, -0.2) is 30.2 Å². The molecule has 1 aromatic carbocycles. The number of ether oxygens (including phenoxy) is 2. The molecule has 1 aliphatic rings. The summed E-state index contributed by atoms with van der Waals surface area (Å²) in [4.78, 5) is 15.8. The summed E-state index contributed by atoms with van der Waals surface area (Å²) < 4.78 is 49.6. The van der Waals surface area contributed by atoms with Gasteiger partial charge in [0.1, 0.15) is 17.6 Å². The summed E-state index contributed by atoms with van der Waals surface area (Å²) in [5.41, 5.74) is 7.48. The molecule has 8 heteroatoms. The molecule has 3 rings (SSSR count). The number of halogens is 3. The normalized spacial score (nSPS) is 18.6. The lowest BCUT2D eigenvalue weighted by Crippen LogP contribution is -2.36. The summed E-state index contributed by atoms with van der Waals surface area (Å²) in [6.45, 7) is 0.509. The van der Waals surface area contributed by atoms with Crippen LogP contribution in [0.25, 0.3) is 11.1 Å². The summed E-state index contributed by atoms with van der Waals surface area (Å²) in [6.07, 6.45) is 0.421. The van der Waals surface area contributed by atoms with Crippen molar-refractivity contribution in [1.29, 1.82) is 0 Å². The smallest absolute Gasteiger partial charge is 0.345 e. The fourth-order valence-electron chi connectivity index (χ4n) is 3.29. The maximum absolute atomic E-state index is 14.7. The Balaban J connectivity index is 2.06. The number of alkyl halides is 2. The Kier molecular flexibility index (Phi) is 5.88. The number of aryl methyl sites for hydroxylation is 1. The molecular formula is C20H21F3N2O3. The molecule has 5 nitrogen and oxygen atoms in total. The molecule has 2 N–H and O–H groups in total. The maximum atomic E-state index is 14.7. The van der Waals surface area contributed by atoms with Crippen LogP contribution in [0.3, 0.4) is 0 Å². The molecule has 1 aliphatic heterocycles. The zero-order chi connectivity index (χ0) is 20.4. The van der Waals surface area contributed by atoms with Crippen molar-refractivity contribution < 1.29 is 27.4 Å². The highest BCUT2D eigenvalue weighted by Crippen LogP contribution is 2.38. The van der Waals surface area contributed by atoms with Crippen LogP contribution in [0.4, 0.5) is 13.2 Å². The molecule has 1 amide bonds. The van der Waals surface area contributed by atoms with Crippen molar-refractivity contribution in [2.45, 2.75) is 39.4 Å². The molecule has 0 unspecified atom stereocenters. The lowest BCUT2D eigenvalue weighted by Gasteiger charge is -2.32. The van der Waals surface area contributed by atoms with Crippen LogP contribution in [0.1, 0.15) is 35.5 Å². The van der Waals surface area contributed by atoms with Crippen LogP contribution in [0.5, 0.6) is 5.88 Å². The van der Waals surface area contributed by atoms with Crippen molar-refractivity contribution in [1.82, 2.24) is 4.98 Å². The van der Waals surface area contributed by atoms with Crippen LogP contribution in [0.2, 0.25) is 0 Å². The van der Waals surface area contributed by atoms with E-state index in [0.717, 1.165) is 5.56 Å². The quantitative estimate of drug-likeness (QED) is 0.810. The summed E-state index contributed by atoms with van der Waals surface area (Å²) in [7, 11) is 0. The largest absolute Gasteiger partial charge is 0.471 e. The standard InChI is InChI=1S/C20H21F3N2O3/c1-3-11-4-5-12(15(21)7-11)13-8-16(18(24)26)25-19-14(13)6-10(2)17(28-19)9-27-20(22)23/h4-5,7-8,10,17,20H,3,6,9H2,1-2H3,(H2,24,26)/t10-,17+/m0/s1. The van der Waals surface area contributed by atoms with E-state index in [9.17, 15) is 18.0 Å². The molecule has 150 valence electrons. The lowest BCUT2D eigenvalue weighted by molar-refractivity contribution is -0.150. The molecule has 0 radical (unpaired) electrons. The first-order valence-electron chi connectivity index (χ1n) is 8.99. The molecular weight excluding hydrogens is 373 g/mol. The Bertz CT molecular complexity index is 889. The van der Waals surface area contributed by atoms with E-state index in [0.29, 0.717) is 29.5 Å². The van der Waals surface area contributed by atoms with Crippen LogP contribution in [-0.2, 0) is 17.6 Å². The van der Waals surface area contributed by atoms with Gasteiger partial charge in [0.05, 0.1) is 6.61 Å². The maximum Gasteiger partial charge on any atom is 0.345 e. The van der Waals surface area contributed by atoms with Crippen LogP contribution >= 0.6 is 0 Å². The van der Waals surface area contributed by atoms with Crippen molar-refractivity contribution in [2.75, 3.05) is 6.61 Å². The molecule has 2 heterocycles. The van der Waals surface area contributed by atoms with Gasteiger partial charge in [-0.1, -0.05) is 26.0 Å². The molecule has 0 spiro atoms. The highest BCUT2D eigenvalue weighted by atomic mass is 19.3. The van der Waals surface area contributed by atoms with E-state index >= 15 is 0 Å². The second-order valence-corrected chi connectivity index (χ2v) is 6.80. The van der Waals surface area contributed by atoms with E-state index < -0.39 is 24.4 Å². The van der Waals surface area contributed by atoms with Crippen molar-refractivity contribution >= 4 is 5.91 Å². The number of hydrogen-bond acceptors (Lipinski definition) is 4. The fraction of sp³-hybridized carbons (Fsp3) is 0.400. The van der Waals surface area contributed by atoms with Gasteiger partial charge in [-0.2, -0.15) is 8.78 Å². The molecule has 0 saturated carbocycles. The first-order valence-corrected chi connectivity index (χ1v) is 8.99. The van der Waals surface area contributed by atoms with Gasteiger partial charge >= 0.3 is 6.61 Å². The molecule has 0 bridgehead atoms. The number of carbonyl (C=O) groups is 1. The molecule has 1 aromatic heterocycles. The number of pyridine rings is 1. The number of nitrogens with two attached hydrogens (primary N) is 1. The minimum Gasteiger partial charge on any atom is -0.471 e. The predicted molar refractivity (Wildman–Crippen MR) is 96.8 cm³/mol. The van der Waals surface area contributed by atoms with Gasteiger partial charge in [0, 0.05) is 11.1 Å². The minimum absolute atomic E-state index is 0.0872. The van der Waals surface area contributed by atoms with Gasteiger partial charge in [-0.05, 0) is 42.0 Å². The highest BCUT2D eigenvalue weighted by molar-refractivity contribution is 5.93. The third-order valence-corrected chi connectivity index (χ3v) is 4.88. The highest BCUT2D eigenvalue weighted by Gasteiger charge is 2.32. The Morgan fingerprint density at radius 1 is 1.36 bits per heavy atom. The number of fused-ring (bicyclic) bond motifs is 1. The second-order valence-electron chi connectivity index (χ2n) is 6.80. The van der Waals surface area contributed by atoms with E-state index in [-0.39, 0.29) is 24.1 Å². The van der Waals surface area contributed by atoms with Gasteiger partial charge in [-0.25, -0.2) is 9.37 Å². The van der Waals surface area contributed by atoms with Crippen molar-refractivity contribution in [3.05, 3.63) is 46.9 Å². The monoisotopic (exact) mass is 394 g/mol. The first kappa shape index (κ1) is 20.1. The van der Waals surface area contributed by atoms with Gasteiger partial charge in [-0.15, -0.1) is 0 Å². The minimum atomic E-state index is -2.91. The zero-order valence-corrected chi connectivity index (χ0v) is 15.5. The number of nitrogens with zero attached hydrogens (tertiary/aromatic N) is 1. The molecule has 0 saturated heterocycles. The molecule has 28 heavy (non-hydrogen) atoms. The Morgan fingerprint density at radius 3 is 2.71 bits per heavy atom. The summed E-state index contributed by atoms with van der Waals surface area (Å²) in [5.74, 6) is -1.31. The Morgan fingerprint density at radius 2 is 2.11 bits per heavy atom. The van der Waals surface area contributed by atoms with Gasteiger partial charge in [0.2, 0.25) is 5.88 Å². The number of carbonyl (C=O) groups excluding carboxylic acids is 1. The third-order valence-electron chi connectivity index (χ3n) is 4.88. The van der Waals surface area contributed by atoms with Crippen molar-refractivity contribution in [2.24, 2.45) is 11.7 Å². The van der Waals surface area contributed by atoms with Crippen LogP contribution in [0.15, 0.2) is 24.3 Å². The second kappa shape index (κ2) is 8.18. The summed E-state index contributed by atoms with van der Waals surface area (Å²) in [5, 5.41) is 0. The molecule has 2 atom stereocenters. The molecule has 0 fully saturated rings. The Hall–Kier alpha value is -2.61. The SMILES string of the molecule is CCc1ccc(-c2cc(C(N)=O)nc3c2C[C@H](C)[C@@H](COC(F)F)O3)c(F)c1. The number of primary amides is 1.